The van der Waals surface area contributed by atoms with Gasteiger partial charge in [-0.3, -0.25) is 0 Å². The third-order valence-electron chi connectivity index (χ3n) is 2.80. The molecule has 0 radical (unpaired) electrons. The third kappa shape index (κ3) is 3.32. The first kappa shape index (κ1) is 13.6. The third-order valence-corrected chi connectivity index (χ3v) is 2.80. The monoisotopic (exact) mass is 259 g/mol. The summed E-state index contributed by atoms with van der Waals surface area (Å²) in [6.07, 6.45) is 0.128. The van der Waals surface area contributed by atoms with Crippen molar-refractivity contribution in [3.8, 4) is 16.9 Å². The Morgan fingerprint density at radius 3 is 2.53 bits per heavy atom. The Kier molecular flexibility index (Phi) is 4.17. The lowest BCUT2D eigenvalue weighted by Gasteiger charge is -2.11. The molecule has 0 saturated carbocycles. The highest BCUT2D eigenvalue weighted by atomic mass is 19.1. The van der Waals surface area contributed by atoms with E-state index in [9.17, 15) is 4.39 Å². The van der Waals surface area contributed by atoms with Crippen molar-refractivity contribution >= 4 is 0 Å². The smallest absolute Gasteiger partial charge is 0.127 e. The van der Waals surface area contributed by atoms with E-state index >= 15 is 0 Å². The molecule has 0 amide bonds. The molecule has 2 rings (SSSR count). The second kappa shape index (κ2) is 5.85. The van der Waals surface area contributed by atoms with E-state index in [4.69, 9.17) is 10.5 Å². The number of rotatable bonds is 4. The van der Waals surface area contributed by atoms with Crippen LogP contribution in [-0.4, -0.2) is 6.10 Å². The first-order valence-electron chi connectivity index (χ1n) is 6.35. The maximum Gasteiger partial charge on any atom is 0.127 e. The lowest BCUT2D eigenvalue weighted by molar-refractivity contribution is 0.242. The lowest BCUT2D eigenvalue weighted by atomic mass is 10.0. The number of ether oxygens (including phenoxy) is 1. The zero-order valence-electron chi connectivity index (χ0n) is 11.2. The van der Waals surface area contributed by atoms with Crippen molar-refractivity contribution in [1.82, 2.24) is 0 Å². The van der Waals surface area contributed by atoms with Crippen molar-refractivity contribution in [3.05, 3.63) is 53.8 Å². The van der Waals surface area contributed by atoms with Gasteiger partial charge in [0, 0.05) is 12.1 Å². The quantitative estimate of drug-likeness (QED) is 0.907. The second-order valence-electron chi connectivity index (χ2n) is 4.70. The SMILES string of the molecule is CC(C)Oc1cccc(-c2ccc(F)c(CN)c2)c1. The Balaban J connectivity index is 2.36. The number of hydrogen-bond acceptors (Lipinski definition) is 2. The predicted octanol–water partition coefficient (Wildman–Crippen LogP) is 3.74. The standard InChI is InChI=1S/C16H18FNO/c1-11(2)19-15-5-3-4-12(9-15)13-6-7-16(17)14(8-13)10-18/h3-9,11H,10,18H2,1-2H3. The van der Waals surface area contributed by atoms with Crippen LogP contribution in [-0.2, 0) is 6.54 Å². The highest BCUT2D eigenvalue weighted by Gasteiger charge is 2.05. The van der Waals surface area contributed by atoms with Gasteiger partial charge in [-0.05, 0) is 49.2 Å². The molecule has 0 spiro atoms. The van der Waals surface area contributed by atoms with Crippen LogP contribution in [0.1, 0.15) is 19.4 Å². The molecule has 2 aromatic rings. The Morgan fingerprint density at radius 1 is 1.11 bits per heavy atom. The van der Waals surface area contributed by atoms with E-state index in [1.807, 2.05) is 38.1 Å². The fourth-order valence-electron chi connectivity index (χ4n) is 1.93. The molecule has 0 heterocycles. The van der Waals surface area contributed by atoms with Crippen LogP contribution in [0.15, 0.2) is 42.5 Å². The Bertz CT molecular complexity index is 566. The molecule has 19 heavy (non-hydrogen) atoms. The summed E-state index contributed by atoms with van der Waals surface area (Å²) < 4.78 is 19.1. The minimum Gasteiger partial charge on any atom is -0.491 e. The number of halogens is 1. The summed E-state index contributed by atoms with van der Waals surface area (Å²) >= 11 is 0. The first-order valence-corrected chi connectivity index (χ1v) is 6.35. The second-order valence-corrected chi connectivity index (χ2v) is 4.70. The highest BCUT2D eigenvalue weighted by Crippen LogP contribution is 2.26. The van der Waals surface area contributed by atoms with Gasteiger partial charge >= 0.3 is 0 Å². The van der Waals surface area contributed by atoms with Gasteiger partial charge in [-0.25, -0.2) is 4.39 Å². The van der Waals surface area contributed by atoms with Crippen molar-refractivity contribution in [2.75, 3.05) is 0 Å². The molecule has 0 bridgehead atoms. The molecule has 0 unspecified atom stereocenters. The number of benzene rings is 2. The molecule has 0 aliphatic rings. The molecule has 0 aliphatic heterocycles. The fourth-order valence-corrected chi connectivity index (χ4v) is 1.93. The molecule has 3 heteroatoms. The van der Waals surface area contributed by atoms with Crippen LogP contribution in [0.25, 0.3) is 11.1 Å². The van der Waals surface area contributed by atoms with Crippen LogP contribution >= 0.6 is 0 Å². The molecular formula is C16H18FNO. The zero-order valence-corrected chi connectivity index (χ0v) is 11.2. The topological polar surface area (TPSA) is 35.2 Å². The molecule has 0 aromatic heterocycles. The number of hydrogen-bond donors (Lipinski definition) is 1. The summed E-state index contributed by atoms with van der Waals surface area (Å²) in [5, 5.41) is 0. The van der Waals surface area contributed by atoms with E-state index in [-0.39, 0.29) is 18.5 Å². The average Bonchev–Trinajstić information content (AvgIpc) is 2.39. The van der Waals surface area contributed by atoms with Gasteiger partial charge in [0.1, 0.15) is 11.6 Å². The van der Waals surface area contributed by atoms with Gasteiger partial charge in [0.25, 0.3) is 0 Å². The zero-order chi connectivity index (χ0) is 13.8. The normalized spacial score (nSPS) is 10.8. The molecule has 0 atom stereocenters. The molecule has 0 aliphatic carbocycles. The van der Waals surface area contributed by atoms with E-state index in [0.29, 0.717) is 5.56 Å². The minimum absolute atomic E-state index is 0.128. The van der Waals surface area contributed by atoms with Crippen LogP contribution in [0.3, 0.4) is 0 Å². The van der Waals surface area contributed by atoms with Gasteiger partial charge < -0.3 is 10.5 Å². The fraction of sp³-hybridized carbons (Fsp3) is 0.250. The van der Waals surface area contributed by atoms with E-state index in [1.54, 1.807) is 12.1 Å². The van der Waals surface area contributed by atoms with Crippen molar-refractivity contribution in [3.63, 3.8) is 0 Å². The van der Waals surface area contributed by atoms with E-state index in [2.05, 4.69) is 0 Å². The summed E-state index contributed by atoms with van der Waals surface area (Å²) in [5.74, 6) is 0.548. The first-order chi connectivity index (χ1) is 9.10. The van der Waals surface area contributed by atoms with Gasteiger partial charge in [-0.2, -0.15) is 0 Å². The van der Waals surface area contributed by atoms with Crippen molar-refractivity contribution < 1.29 is 9.13 Å². The van der Waals surface area contributed by atoms with Crippen LogP contribution in [0, 0.1) is 5.82 Å². The molecule has 2 nitrogen and oxygen atoms in total. The van der Waals surface area contributed by atoms with Crippen molar-refractivity contribution in [2.45, 2.75) is 26.5 Å². The Labute approximate surface area is 113 Å². The van der Waals surface area contributed by atoms with E-state index in [0.717, 1.165) is 16.9 Å². The summed E-state index contributed by atoms with van der Waals surface area (Å²) in [6.45, 7) is 4.16. The van der Waals surface area contributed by atoms with E-state index < -0.39 is 0 Å². The molecule has 2 N–H and O–H groups in total. The van der Waals surface area contributed by atoms with Crippen molar-refractivity contribution in [2.24, 2.45) is 5.73 Å². The van der Waals surface area contributed by atoms with Gasteiger partial charge in [0.05, 0.1) is 6.10 Å². The summed E-state index contributed by atoms with van der Waals surface area (Å²) in [6, 6.07) is 12.8. The Hall–Kier alpha value is -1.87. The summed E-state index contributed by atoms with van der Waals surface area (Å²) in [4.78, 5) is 0. The van der Waals surface area contributed by atoms with E-state index in [1.165, 1.54) is 6.07 Å². The van der Waals surface area contributed by atoms with Crippen molar-refractivity contribution in [1.29, 1.82) is 0 Å². The number of nitrogens with two attached hydrogens (primary N) is 1. The summed E-state index contributed by atoms with van der Waals surface area (Å²) in [7, 11) is 0. The average molecular weight is 259 g/mol. The molecule has 0 saturated heterocycles. The van der Waals surface area contributed by atoms with Gasteiger partial charge in [0.2, 0.25) is 0 Å². The van der Waals surface area contributed by atoms with Gasteiger partial charge in [-0.1, -0.05) is 18.2 Å². The maximum absolute atomic E-state index is 13.4. The van der Waals surface area contributed by atoms with Crippen LogP contribution < -0.4 is 10.5 Å². The maximum atomic E-state index is 13.4. The molecule has 100 valence electrons. The summed E-state index contributed by atoms with van der Waals surface area (Å²) in [5.41, 5.74) is 7.98. The lowest BCUT2D eigenvalue weighted by Crippen LogP contribution is -2.05. The van der Waals surface area contributed by atoms with Crippen LogP contribution in [0.4, 0.5) is 4.39 Å². The van der Waals surface area contributed by atoms with Gasteiger partial charge in [-0.15, -0.1) is 0 Å². The Morgan fingerprint density at radius 2 is 1.84 bits per heavy atom. The molecular weight excluding hydrogens is 241 g/mol. The van der Waals surface area contributed by atoms with Crippen LogP contribution in [0.5, 0.6) is 5.75 Å². The largest absolute Gasteiger partial charge is 0.491 e. The highest BCUT2D eigenvalue weighted by molar-refractivity contribution is 5.65. The molecule has 0 fully saturated rings. The molecule has 2 aromatic carbocycles. The van der Waals surface area contributed by atoms with Crippen LogP contribution in [0.2, 0.25) is 0 Å². The minimum atomic E-state index is -0.263. The predicted molar refractivity (Wildman–Crippen MR) is 75.5 cm³/mol. The van der Waals surface area contributed by atoms with Gasteiger partial charge in [0.15, 0.2) is 0 Å².